The van der Waals surface area contributed by atoms with Crippen molar-refractivity contribution >= 4 is 56.0 Å². The van der Waals surface area contributed by atoms with Crippen LogP contribution in [0.25, 0.3) is 10.1 Å². The molecule has 21 heavy (non-hydrogen) atoms. The van der Waals surface area contributed by atoms with Crippen LogP contribution in [0.3, 0.4) is 0 Å². The molecule has 1 amide bonds. The summed E-state index contributed by atoms with van der Waals surface area (Å²) in [4.78, 5) is 14.1. The number of anilines is 1. The first-order valence-corrected chi connectivity index (χ1v) is 8.39. The molecule has 0 spiro atoms. The fourth-order valence-electron chi connectivity index (χ4n) is 2.07. The number of nitrogen functional groups attached to an aromatic ring is 1. The molecular formula is C15H13ClN2OS2. The number of halogens is 1. The van der Waals surface area contributed by atoms with Crippen LogP contribution in [-0.4, -0.2) is 5.91 Å². The zero-order valence-corrected chi connectivity index (χ0v) is 13.6. The maximum atomic E-state index is 12.3. The van der Waals surface area contributed by atoms with Crippen molar-refractivity contribution in [3.8, 4) is 0 Å². The Kier molecular flexibility index (Phi) is 3.89. The zero-order chi connectivity index (χ0) is 15.0. The van der Waals surface area contributed by atoms with Crippen molar-refractivity contribution in [1.29, 1.82) is 0 Å². The number of rotatable bonds is 3. The summed E-state index contributed by atoms with van der Waals surface area (Å²) in [7, 11) is 0. The minimum Gasteiger partial charge on any atom is -0.399 e. The Hall–Kier alpha value is -1.56. The Morgan fingerprint density at radius 1 is 1.24 bits per heavy atom. The molecule has 0 aliphatic rings. The Labute approximate surface area is 135 Å². The van der Waals surface area contributed by atoms with Crippen LogP contribution < -0.4 is 11.1 Å². The Morgan fingerprint density at radius 2 is 2.05 bits per heavy atom. The van der Waals surface area contributed by atoms with Crippen LogP contribution in [-0.2, 0) is 0 Å². The highest BCUT2D eigenvalue weighted by Crippen LogP contribution is 2.29. The van der Waals surface area contributed by atoms with Gasteiger partial charge >= 0.3 is 0 Å². The second-order valence-corrected chi connectivity index (χ2v) is 7.58. The highest BCUT2D eigenvalue weighted by atomic mass is 35.5. The van der Waals surface area contributed by atoms with Crippen molar-refractivity contribution in [1.82, 2.24) is 5.32 Å². The number of nitrogens with two attached hydrogens (primary N) is 1. The predicted molar refractivity (Wildman–Crippen MR) is 91.4 cm³/mol. The van der Waals surface area contributed by atoms with Crippen molar-refractivity contribution in [2.24, 2.45) is 0 Å². The molecule has 0 bridgehead atoms. The molecule has 1 aromatic carbocycles. The Morgan fingerprint density at radius 3 is 2.76 bits per heavy atom. The van der Waals surface area contributed by atoms with Crippen LogP contribution >= 0.6 is 34.3 Å². The maximum Gasteiger partial charge on any atom is 0.261 e. The lowest BCUT2D eigenvalue weighted by Gasteiger charge is -2.10. The van der Waals surface area contributed by atoms with E-state index in [2.05, 4.69) is 5.32 Å². The van der Waals surface area contributed by atoms with Crippen LogP contribution in [0.15, 0.2) is 36.4 Å². The lowest BCUT2D eigenvalue weighted by Crippen LogP contribution is -2.25. The third-order valence-electron chi connectivity index (χ3n) is 3.13. The Bertz CT molecular complexity index is 809. The molecular weight excluding hydrogens is 324 g/mol. The number of carbonyl (C=O) groups is 1. The lowest BCUT2D eigenvalue weighted by atomic mass is 10.2. The molecule has 3 N–H and O–H groups in total. The predicted octanol–water partition coefficient (Wildman–Crippen LogP) is 4.69. The standard InChI is InChI=1S/C15H13ClN2OS2/c1-8(11-4-5-14(16)21-11)18-15(19)13-7-9-6-10(17)2-3-12(9)20-13/h2-8H,17H2,1H3,(H,18,19). The summed E-state index contributed by atoms with van der Waals surface area (Å²) < 4.78 is 1.78. The average Bonchev–Trinajstić information content (AvgIpc) is 3.04. The first-order chi connectivity index (χ1) is 10.0. The van der Waals surface area contributed by atoms with E-state index in [1.165, 1.54) is 22.7 Å². The topological polar surface area (TPSA) is 55.1 Å². The van der Waals surface area contributed by atoms with Gasteiger partial charge in [-0.1, -0.05) is 11.6 Å². The second-order valence-electron chi connectivity index (χ2n) is 4.74. The van der Waals surface area contributed by atoms with Crippen molar-refractivity contribution < 1.29 is 4.79 Å². The van der Waals surface area contributed by atoms with Gasteiger partial charge < -0.3 is 11.1 Å². The molecule has 1 unspecified atom stereocenters. The molecule has 0 aliphatic carbocycles. The largest absolute Gasteiger partial charge is 0.399 e. The molecule has 2 aromatic heterocycles. The minimum atomic E-state index is -0.0770. The molecule has 0 saturated heterocycles. The van der Waals surface area contributed by atoms with Crippen LogP contribution in [0.1, 0.15) is 27.5 Å². The van der Waals surface area contributed by atoms with Gasteiger partial charge in [-0.05, 0) is 48.7 Å². The number of nitrogens with one attached hydrogen (secondary N) is 1. The van der Waals surface area contributed by atoms with Crippen LogP contribution in [0.5, 0.6) is 0 Å². The normalized spacial score (nSPS) is 12.5. The first kappa shape index (κ1) is 14.4. The maximum absolute atomic E-state index is 12.3. The third kappa shape index (κ3) is 3.05. The first-order valence-electron chi connectivity index (χ1n) is 6.38. The molecule has 0 radical (unpaired) electrons. The highest BCUT2D eigenvalue weighted by Gasteiger charge is 2.15. The van der Waals surface area contributed by atoms with Gasteiger partial charge in [-0.2, -0.15) is 0 Å². The number of amides is 1. The summed E-state index contributed by atoms with van der Waals surface area (Å²) in [5, 5.41) is 3.99. The van der Waals surface area contributed by atoms with Gasteiger partial charge in [0.1, 0.15) is 0 Å². The summed E-state index contributed by atoms with van der Waals surface area (Å²) in [6, 6.07) is 11.2. The summed E-state index contributed by atoms with van der Waals surface area (Å²) in [6.07, 6.45) is 0. The SMILES string of the molecule is CC(NC(=O)c1cc2cc(N)ccc2s1)c1ccc(Cl)s1. The van der Waals surface area contributed by atoms with Crippen LogP contribution in [0, 0.1) is 0 Å². The fraction of sp³-hybridized carbons (Fsp3) is 0.133. The van der Waals surface area contributed by atoms with E-state index in [0.717, 1.165) is 19.3 Å². The zero-order valence-electron chi connectivity index (χ0n) is 11.2. The number of hydrogen-bond acceptors (Lipinski definition) is 4. The molecule has 0 aliphatic heterocycles. The van der Waals surface area contributed by atoms with E-state index in [1.54, 1.807) is 0 Å². The summed E-state index contributed by atoms with van der Waals surface area (Å²) in [5.41, 5.74) is 6.46. The molecule has 108 valence electrons. The van der Waals surface area contributed by atoms with Gasteiger partial charge in [0, 0.05) is 15.3 Å². The lowest BCUT2D eigenvalue weighted by molar-refractivity contribution is 0.0944. The summed E-state index contributed by atoms with van der Waals surface area (Å²) >= 11 is 8.87. The molecule has 3 aromatic rings. The smallest absolute Gasteiger partial charge is 0.261 e. The van der Waals surface area contributed by atoms with E-state index in [0.29, 0.717) is 10.6 Å². The van der Waals surface area contributed by atoms with Gasteiger partial charge in [0.05, 0.1) is 15.3 Å². The van der Waals surface area contributed by atoms with Gasteiger partial charge in [-0.3, -0.25) is 4.79 Å². The molecule has 0 saturated carbocycles. The van der Waals surface area contributed by atoms with Gasteiger partial charge in [0.2, 0.25) is 0 Å². The van der Waals surface area contributed by atoms with Gasteiger partial charge in [0.25, 0.3) is 5.91 Å². The summed E-state index contributed by atoms with van der Waals surface area (Å²) in [5.74, 6) is -0.0770. The quantitative estimate of drug-likeness (QED) is 0.682. The van der Waals surface area contributed by atoms with E-state index >= 15 is 0 Å². The molecule has 1 atom stereocenters. The van der Waals surface area contributed by atoms with Gasteiger partial charge in [0.15, 0.2) is 0 Å². The second kappa shape index (κ2) is 5.67. The number of fused-ring (bicyclic) bond motifs is 1. The van der Waals surface area contributed by atoms with Crippen molar-refractivity contribution in [2.45, 2.75) is 13.0 Å². The van der Waals surface area contributed by atoms with E-state index in [1.807, 2.05) is 43.3 Å². The number of benzene rings is 1. The molecule has 3 nitrogen and oxygen atoms in total. The monoisotopic (exact) mass is 336 g/mol. The van der Waals surface area contributed by atoms with Gasteiger partial charge in [-0.25, -0.2) is 0 Å². The molecule has 2 heterocycles. The number of thiophene rings is 2. The number of carbonyl (C=O) groups excluding carboxylic acids is 1. The fourth-order valence-corrected chi connectivity index (χ4v) is 4.08. The molecule has 6 heteroatoms. The highest BCUT2D eigenvalue weighted by molar-refractivity contribution is 7.20. The minimum absolute atomic E-state index is 0.0646. The van der Waals surface area contributed by atoms with Crippen molar-refractivity contribution in [3.63, 3.8) is 0 Å². The Balaban J connectivity index is 1.80. The van der Waals surface area contributed by atoms with E-state index < -0.39 is 0 Å². The third-order valence-corrected chi connectivity index (χ3v) is 5.66. The van der Waals surface area contributed by atoms with Crippen molar-refractivity contribution in [2.75, 3.05) is 5.73 Å². The van der Waals surface area contributed by atoms with E-state index in [-0.39, 0.29) is 11.9 Å². The van der Waals surface area contributed by atoms with Crippen LogP contribution in [0.2, 0.25) is 4.34 Å². The van der Waals surface area contributed by atoms with E-state index in [9.17, 15) is 4.79 Å². The van der Waals surface area contributed by atoms with E-state index in [4.69, 9.17) is 17.3 Å². The summed E-state index contributed by atoms with van der Waals surface area (Å²) in [6.45, 7) is 1.95. The molecule has 3 rings (SSSR count). The van der Waals surface area contributed by atoms with Crippen LogP contribution in [0.4, 0.5) is 5.69 Å². The average molecular weight is 337 g/mol. The number of hydrogen-bond donors (Lipinski definition) is 2. The molecule has 0 fully saturated rings. The van der Waals surface area contributed by atoms with Gasteiger partial charge in [-0.15, -0.1) is 22.7 Å². The van der Waals surface area contributed by atoms with Crippen molar-refractivity contribution in [3.05, 3.63) is 50.5 Å².